The molecule has 1 unspecified atom stereocenters. The average Bonchev–Trinajstić information content (AvgIpc) is 3.29. The lowest BCUT2D eigenvalue weighted by atomic mass is 10.00. The molecule has 1 aromatic heterocycles. The summed E-state index contributed by atoms with van der Waals surface area (Å²) in [7, 11) is 0. The maximum Gasteiger partial charge on any atom is 0.257 e. The minimum atomic E-state index is -0.507. The van der Waals surface area contributed by atoms with Gasteiger partial charge in [-0.15, -0.1) is 0 Å². The zero-order valence-corrected chi connectivity index (χ0v) is 16.4. The Kier molecular flexibility index (Phi) is 4.93. The summed E-state index contributed by atoms with van der Waals surface area (Å²) in [5.41, 5.74) is 1.92. The molecule has 0 radical (unpaired) electrons. The molecule has 148 valence electrons. The zero-order valence-electron chi connectivity index (χ0n) is 16.4. The van der Waals surface area contributed by atoms with Crippen LogP contribution < -0.4 is 4.90 Å². The molecule has 0 aliphatic carbocycles. The van der Waals surface area contributed by atoms with E-state index in [-0.39, 0.29) is 18.4 Å². The van der Waals surface area contributed by atoms with Crippen molar-refractivity contribution in [3.05, 3.63) is 47.8 Å². The van der Waals surface area contributed by atoms with Gasteiger partial charge < -0.3 is 14.5 Å². The van der Waals surface area contributed by atoms with Crippen molar-refractivity contribution in [3.63, 3.8) is 0 Å². The van der Waals surface area contributed by atoms with E-state index in [1.165, 1.54) is 0 Å². The van der Waals surface area contributed by atoms with E-state index >= 15 is 0 Å². The molecular formula is C21H26N4O3. The van der Waals surface area contributed by atoms with Crippen molar-refractivity contribution < 1.29 is 14.3 Å². The lowest BCUT2D eigenvalue weighted by Gasteiger charge is -2.40. The highest BCUT2D eigenvalue weighted by molar-refractivity contribution is 5.96. The number of ether oxygens (including phenoxy) is 1. The summed E-state index contributed by atoms with van der Waals surface area (Å²) >= 11 is 0. The van der Waals surface area contributed by atoms with Gasteiger partial charge >= 0.3 is 0 Å². The Morgan fingerprint density at radius 1 is 1.25 bits per heavy atom. The monoisotopic (exact) mass is 382 g/mol. The third kappa shape index (κ3) is 3.30. The molecule has 1 aromatic carbocycles. The fourth-order valence-corrected chi connectivity index (χ4v) is 4.09. The summed E-state index contributed by atoms with van der Waals surface area (Å²) in [5, 5.41) is 4.35. The molecule has 0 saturated carbocycles. The fraction of sp³-hybridized carbons (Fsp3) is 0.476. The highest BCUT2D eigenvalue weighted by atomic mass is 16.5. The summed E-state index contributed by atoms with van der Waals surface area (Å²) in [4.78, 5) is 29.1. The molecule has 0 N–H and O–H groups in total. The summed E-state index contributed by atoms with van der Waals surface area (Å²) in [6.07, 6.45) is 3.36. The van der Waals surface area contributed by atoms with Crippen LogP contribution in [-0.2, 0) is 16.1 Å². The number of morpholine rings is 1. The zero-order chi connectivity index (χ0) is 19.7. The smallest absolute Gasteiger partial charge is 0.257 e. The van der Waals surface area contributed by atoms with E-state index in [1.54, 1.807) is 11.1 Å². The van der Waals surface area contributed by atoms with Gasteiger partial charge in [-0.1, -0.05) is 25.1 Å². The van der Waals surface area contributed by atoms with Gasteiger partial charge in [0.1, 0.15) is 12.2 Å². The first-order valence-corrected chi connectivity index (χ1v) is 9.84. The number of aryl methyl sites for hydroxylation is 1. The van der Waals surface area contributed by atoms with E-state index in [0.29, 0.717) is 25.2 Å². The largest absolute Gasteiger partial charge is 0.361 e. The summed E-state index contributed by atoms with van der Waals surface area (Å²) < 4.78 is 7.86. The normalized spacial score (nSPS) is 22.3. The van der Waals surface area contributed by atoms with Crippen molar-refractivity contribution in [2.45, 2.75) is 38.8 Å². The van der Waals surface area contributed by atoms with Crippen molar-refractivity contribution in [1.29, 1.82) is 0 Å². The topological polar surface area (TPSA) is 67.7 Å². The Bertz CT molecular complexity index is 879. The fourth-order valence-electron chi connectivity index (χ4n) is 4.09. The molecule has 4 rings (SSSR count). The van der Waals surface area contributed by atoms with Crippen LogP contribution in [0.2, 0.25) is 0 Å². The highest BCUT2D eigenvalue weighted by Crippen LogP contribution is 2.33. The molecule has 7 nitrogen and oxygen atoms in total. The van der Waals surface area contributed by atoms with Gasteiger partial charge in [-0.05, 0) is 31.9 Å². The van der Waals surface area contributed by atoms with Gasteiger partial charge in [-0.2, -0.15) is 5.10 Å². The first-order chi connectivity index (χ1) is 13.5. The van der Waals surface area contributed by atoms with E-state index in [1.807, 2.05) is 46.8 Å². The molecule has 1 spiro atoms. The van der Waals surface area contributed by atoms with E-state index < -0.39 is 5.60 Å². The number of hydrogen-bond donors (Lipinski definition) is 0. The Morgan fingerprint density at radius 2 is 2.04 bits per heavy atom. The number of hydrogen-bond acceptors (Lipinski definition) is 4. The number of carbonyl (C=O) groups excluding carboxylic acids is 2. The molecule has 7 heteroatoms. The number of amides is 2. The maximum atomic E-state index is 13.1. The predicted octanol–water partition coefficient (Wildman–Crippen LogP) is 2.25. The number of aromatic nitrogens is 2. The number of anilines is 1. The van der Waals surface area contributed by atoms with E-state index in [2.05, 4.69) is 12.0 Å². The van der Waals surface area contributed by atoms with Crippen molar-refractivity contribution in [2.75, 3.05) is 31.1 Å². The molecule has 0 bridgehead atoms. The number of nitrogens with zero attached hydrogens (tertiary/aromatic N) is 4. The minimum Gasteiger partial charge on any atom is -0.361 e. The first kappa shape index (κ1) is 18.7. The van der Waals surface area contributed by atoms with Gasteiger partial charge in [0.25, 0.3) is 11.8 Å². The molecule has 2 fully saturated rings. The Morgan fingerprint density at radius 3 is 2.79 bits per heavy atom. The van der Waals surface area contributed by atoms with Crippen LogP contribution in [0.25, 0.3) is 0 Å². The number of likely N-dealkylation sites (tertiary alicyclic amines) is 1. The second-order valence-corrected chi connectivity index (χ2v) is 7.63. The second-order valence-electron chi connectivity index (χ2n) is 7.63. The molecular weight excluding hydrogens is 356 g/mol. The van der Waals surface area contributed by atoms with Crippen molar-refractivity contribution in [2.24, 2.45) is 0 Å². The van der Waals surface area contributed by atoms with Gasteiger partial charge in [-0.25, -0.2) is 0 Å². The molecule has 3 heterocycles. The third-order valence-corrected chi connectivity index (χ3v) is 5.69. The SMILES string of the molecule is CCCn1ncc(C(=O)N2CCC3(C2)CN(c2ccccc2)C(=O)CO3)c1C. The lowest BCUT2D eigenvalue weighted by molar-refractivity contribution is -0.137. The van der Waals surface area contributed by atoms with Crippen LogP contribution in [0.5, 0.6) is 0 Å². The van der Waals surface area contributed by atoms with Crippen LogP contribution in [-0.4, -0.2) is 58.3 Å². The lowest BCUT2D eigenvalue weighted by Crippen LogP contribution is -2.56. The number of carbonyl (C=O) groups is 2. The van der Waals surface area contributed by atoms with Gasteiger partial charge in [0.15, 0.2) is 0 Å². The first-order valence-electron chi connectivity index (χ1n) is 9.84. The van der Waals surface area contributed by atoms with Gasteiger partial charge in [0, 0.05) is 24.5 Å². The van der Waals surface area contributed by atoms with E-state index in [4.69, 9.17) is 4.74 Å². The van der Waals surface area contributed by atoms with Gasteiger partial charge in [0.05, 0.1) is 24.8 Å². The maximum absolute atomic E-state index is 13.1. The Labute approximate surface area is 164 Å². The summed E-state index contributed by atoms with van der Waals surface area (Å²) in [5.74, 6) is -0.0539. The standard InChI is InChI=1S/C21H26N4O3/c1-3-10-25-16(2)18(12-22-25)20(27)23-11-9-21(14-23)15-24(19(26)13-28-21)17-7-5-4-6-8-17/h4-8,12H,3,9-11,13-15H2,1-2H3. The van der Waals surface area contributed by atoms with Crippen molar-refractivity contribution >= 4 is 17.5 Å². The van der Waals surface area contributed by atoms with Crippen LogP contribution in [0, 0.1) is 6.92 Å². The Balaban J connectivity index is 1.50. The molecule has 2 aliphatic heterocycles. The summed E-state index contributed by atoms with van der Waals surface area (Å²) in [6.45, 7) is 6.45. The molecule has 2 aromatic rings. The van der Waals surface area contributed by atoms with Crippen LogP contribution >= 0.6 is 0 Å². The second kappa shape index (κ2) is 7.39. The number of rotatable bonds is 4. The van der Waals surface area contributed by atoms with Crippen LogP contribution in [0.15, 0.2) is 36.5 Å². The highest BCUT2D eigenvalue weighted by Gasteiger charge is 2.47. The van der Waals surface area contributed by atoms with Gasteiger partial charge in [0.2, 0.25) is 0 Å². The quantitative estimate of drug-likeness (QED) is 0.813. The predicted molar refractivity (Wildman–Crippen MR) is 105 cm³/mol. The van der Waals surface area contributed by atoms with Crippen LogP contribution in [0.1, 0.15) is 35.8 Å². The van der Waals surface area contributed by atoms with Crippen molar-refractivity contribution in [3.8, 4) is 0 Å². The minimum absolute atomic E-state index is 0.0107. The molecule has 2 saturated heterocycles. The number of para-hydroxylation sites is 1. The molecule has 2 amide bonds. The van der Waals surface area contributed by atoms with Crippen LogP contribution in [0.4, 0.5) is 5.69 Å². The van der Waals surface area contributed by atoms with Crippen LogP contribution in [0.3, 0.4) is 0 Å². The molecule has 1 atom stereocenters. The number of benzene rings is 1. The molecule has 2 aliphatic rings. The third-order valence-electron chi connectivity index (χ3n) is 5.69. The van der Waals surface area contributed by atoms with Crippen molar-refractivity contribution in [1.82, 2.24) is 14.7 Å². The Hall–Kier alpha value is -2.67. The average molecular weight is 382 g/mol. The van der Waals surface area contributed by atoms with E-state index in [9.17, 15) is 9.59 Å². The van der Waals surface area contributed by atoms with Gasteiger partial charge in [-0.3, -0.25) is 14.3 Å². The van der Waals surface area contributed by atoms with E-state index in [0.717, 1.165) is 30.8 Å². The molecule has 28 heavy (non-hydrogen) atoms. The summed E-state index contributed by atoms with van der Waals surface area (Å²) in [6, 6.07) is 9.64.